The fourth-order valence-corrected chi connectivity index (χ4v) is 3.74. The number of hydrogen-bond donors (Lipinski definition) is 2. The molecule has 0 unspecified atom stereocenters. The highest BCUT2D eigenvalue weighted by Crippen LogP contribution is 2.35. The second kappa shape index (κ2) is 8.69. The molecule has 0 saturated carbocycles. The van der Waals surface area contributed by atoms with Crippen molar-refractivity contribution >= 4 is 30.0 Å². The van der Waals surface area contributed by atoms with Gasteiger partial charge in [-0.25, -0.2) is 14.2 Å². The number of benzene rings is 2. The predicted octanol–water partition coefficient (Wildman–Crippen LogP) is 3.55. The van der Waals surface area contributed by atoms with Crippen molar-refractivity contribution in [1.29, 1.82) is 0 Å². The predicted molar refractivity (Wildman–Crippen MR) is 113 cm³/mol. The Bertz CT molecular complexity index is 899. The van der Waals surface area contributed by atoms with Crippen molar-refractivity contribution in [3.05, 3.63) is 65.5 Å². The van der Waals surface area contributed by atoms with Gasteiger partial charge in [-0.15, -0.1) is 12.4 Å². The van der Waals surface area contributed by atoms with E-state index in [0.29, 0.717) is 50.2 Å². The molecule has 154 valence electrons. The number of anilines is 1. The number of hydrogen-bond acceptors (Lipinski definition) is 5. The van der Waals surface area contributed by atoms with Crippen LogP contribution in [0.15, 0.2) is 53.5 Å². The number of nitrogens with one attached hydrogen (secondary N) is 1. The van der Waals surface area contributed by atoms with E-state index in [1.807, 2.05) is 30.3 Å². The van der Waals surface area contributed by atoms with Crippen LogP contribution < -0.4 is 11.1 Å². The van der Waals surface area contributed by atoms with Gasteiger partial charge in [0.1, 0.15) is 17.3 Å². The normalized spacial score (nSPS) is 16.9. The van der Waals surface area contributed by atoms with Crippen LogP contribution >= 0.6 is 12.4 Å². The molecule has 2 aromatic carbocycles. The van der Waals surface area contributed by atoms with E-state index in [-0.39, 0.29) is 30.2 Å². The minimum absolute atomic E-state index is 0. The molecule has 1 amide bonds. The van der Waals surface area contributed by atoms with Crippen molar-refractivity contribution in [2.24, 2.45) is 10.7 Å². The lowest BCUT2D eigenvalue weighted by Crippen LogP contribution is -2.52. The molecule has 1 saturated heterocycles. The molecule has 0 atom stereocenters. The molecule has 0 bridgehead atoms. The fraction of sp³-hybridized carbons (Fsp3) is 0.333. The second-order valence-corrected chi connectivity index (χ2v) is 7.15. The number of carbonyl (C=O) groups excluding carboxylic acids is 1. The average Bonchev–Trinajstić information content (AvgIpc) is 2.69. The molecule has 0 aromatic heterocycles. The SMILES string of the molecule is Cl.NC1=NC2(CCN(C(=O)OCCc3ccccc3)CC2)Nc2cccc(F)c21. The number of nitrogens with two attached hydrogens (primary N) is 1. The van der Waals surface area contributed by atoms with Gasteiger partial charge in [-0.1, -0.05) is 36.4 Å². The van der Waals surface area contributed by atoms with Crippen LogP contribution in [-0.2, 0) is 11.2 Å². The number of likely N-dealkylation sites (tertiary alicyclic amines) is 1. The van der Waals surface area contributed by atoms with Gasteiger partial charge in [0.2, 0.25) is 0 Å². The molecule has 0 radical (unpaired) electrons. The lowest BCUT2D eigenvalue weighted by molar-refractivity contribution is 0.0874. The number of amidine groups is 1. The van der Waals surface area contributed by atoms with Crippen molar-refractivity contribution in [2.45, 2.75) is 24.9 Å². The van der Waals surface area contributed by atoms with Crippen LogP contribution in [0, 0.1) is 5.82 Å². The zero-order valence-corrected chi connectivity index (χ0v) is 16.8. The monoisotopic (exact) mass is 418 g/mol. The van der Waals surface area contributed by atoms with Gasteiger partial charge in [0.15, 0.2) is 0 Å². The van der Waals surface area contributed by atoms with Gasteiger partial charge < -0.3 is 20.7 Å². The maximum Gasteiger partial charge on any atom is 0.409 e. The van der Waals surface area contributed by atoms with E-state index in [1.165, 1.54) is 6.07 Å². The van der Waals surface area contributed by atoms with Crippen molar-refractivity contribution in [3.8, 4) is 0 Å². The molecule has 1 fully saturated rings. The van der Waals surface area contributed by atoms with E-state index in [1.54, 1.807) is 17.0 Å². The first-order valence-corrected chi connectivity index (χ1v) is 9.44. The largest absolute Gasteiger partial charge is 0.449 e. The van der Waals surface area contributed by atoms with Crippen LogP contribution in [0.4, 0.5) is 14.9 Å². The highest BCUT2D eigenvalue weighted by Gasteiger charge is 2.39. The van der Waals surface area contributed by atoms with E-state index < -0.39 is 5.66 Å². The zero-order valence-electron chi connectivity index (χ0n) is 15.9. The van der Waals surface area contributed by atoms with Crippen LogP contribution in [-0.4, -0.2) is 42.2 Å². The Balaban J connectivity index is 0.00000240. The van der Waals surface area contributed by atoms with Crippen molar-refractivity contribution in [1.82, 2.24) is 4.90 Å². The maximum atomic E-state index is 14.0. The van der Waals surface area contributed by atoms with E-state index in [0.717, 1.165) is 5.56 Å². The molecule has 2 aromatic rings. The molecule has 0 aliphatic carbocycles. The van der Waals surface area contributed by atoms with E-state index in [2.05, 4.69) is 10.3 Å². The number of fused-ring (bicyclic) bond motifs is 1. The molecule has 1 spiro atoms. The van der Waals surface area contributed by atoms with Crippen LogP contribution in [0.25, 0.3) is 0 Å². The van der Waals surface area contributed by atoms with Gasteiger partial charge in [0.25, 0.3) is 0 Å². The smallest absolute Gasteiger partial charge is 0.409 e. The van der Waals surface area contributed by atoms with Gasteiger partial charge in [0.05, 0.1) is 12.2 Å². The molecular formula is C21H24ClFN4O2. The highest BCUT2D eigenvalue weighted by atomic mass is 35.5. The number of halogens is 2. The van der Waals surface area contributed by atoms with Crippen LogP contribution in [0.2, 0.25) is 0 Å². The lowest BCUT2D eigenvalue weighted by Gasteiger charge is -2.42. The summed E-state index contributed by atoms with van der Waals surface area (Å²) in [5.74, 6) is -0.189. The molecule has 2 aliphatic heterocycles. The summed E-state index contributed by atoms with van der Waals surface area (Å²) in [5, 5.41) is 3.32. The number of rotatable bonds is 3. The Morgan fingerprint density at radius 2 is 1.90 bits per heavy atom. The Morgan fingerprint density at radius 3 is 2.62 bits per heavy atom. The van der Waals surface area contributed by atoms with Crippen molar-refractivity contribution < 1.29 is 13.9 Å². The van der Waals surface area contributed by atoms with E-state index >= 15 is 0 Å². The summed E-state index contributed by atoms with van der Waals surface area (Å²) >= 11 is 0. The maximum absolute atomic E-state index is 14.0. The first-order chi connectivity index (χ1) is 13.6. The zero-order chi connectivity index (χ0) is 19.6. The van der Waals surface area contributed by atoms with Crippen LogP contribution in [0.5, 0.6) is 0 Å². The van der Waals surface area contributed by atoms with E-state index in [9.17, 15) is 9.18 Å². The minimum atomic E-state index is -0.605. The topological polar surface area (TPSA) is 80.0 Å². The van der Waals surface area contributed by atoms with Gasteiger partial charge in [0, 0.05) is 38.0 Å². The third kappa shape index (κ3) is 4.45. The molecule has 6 nitrogen and oxygen atoms in total. The Labute approximate surface area is 175 Å². The third-order valence-corrected chi connectivity index (χ3v) is 5.28. The summed E-state index contributed by atoms with van der Waals surface area (Å²) in [6.45, 7) is 1.34. The lowest BCUT2D eigenvalue weighted by atomic mass is 9.94. The Hall–Kier alpha value is -2.80. The molecule has 8 heteroatoms. The number of aliphatic imine (C=N–C) groups is 1. The van der Waals surface area contributed by atoms with E-state index in [4.69, 9.17) is 10.5 Å². The number of ether oxygens (including phenoxy) is 1. The van der Waals surface area contributed by atoms with Gasteiger partial charge in [-0.05, 0) is 17.7 Å². The van der Waals surface area contributed by atoms with Crippen LogP contribution in [0.1, 0.15) is 24.0 Å². The molecule has 3 N–H and O–H groups in total. The fourth-order valence-electron chi connectivity index (χ4n) is 3.74. The summed E-state index contributed by atoms with van der Waals surface area (Å²) in [6.07, 6.45) is 1.54. The summed E-state index contributed by atoms with van der Waals surface area (Å²) in [5.41, 5.74) is 7.52. The molecule has 2 aliphatic rings. The number of piperidine rings is 1. The summed E-state index contributed by atoms with van der Waals surface area (Å²) in [7, 11) is 0. The molecule has 4 rings (SSSR count). The average molecular weight is 419 g/mol. The first-order valence-electron chi connectivity index (χ1n) is 9.44. The minimum Gasteiger partial charge on any atom is -0.449 e. The van der Waals surface area contributed by atoms with Crippen LogP contribution in [0.3, 0.4) is 0 Å². The molecule has 2 heterocycles. The van der Waals surface area contributed by atoms with Gasteiger partial charge in [-0.2, -0.15) is 0 Å². The number of amides is 1. The van der Waals surface area contributed by atoms with Crippen molar-refractivity contribution in [2.75, 3.05) is 25.0 Å². The second-order valence-electron chi connectivity index (χ2n) is 7.15. The van der Waals surface area contributed by atoms with Gasteiger partial charge >= 0.3 is 6.09 Å². The Morgan fingerprint density at radius 1 is 1.17 bits per heavy atom. The molecule has 29 heavy (non-hydrogen) atoms. The Kier molecular flexibility index (Phi) is 6.27. The van der Waals surface area contributed by atoms with Crippen molar-refractivity contribution in [3.63, 3.8) is 0 Å². The number of carbonyl (C=O) groups is 1. The highest BCUT2D eigenvalue weighted by molar-refractivity contribution is 6.04. The first kappa shape index (κ1) is 20.9. The standard InChI is InChI=1S/C21H23FN4O2.ClH/c22-16-7-4-8-17-18(16)19(23)25-21(24-17)10-12-26(13-11-21)20(27)28-14-9-15-5-2-1-3-6-15;/h1-8,24H,9-14H2,(H2,23,25);1H. The summed E-state index contributed by atoms with van der Waals surface area (Å²) < 4.78 is 19.4. The van der Waals surface area contributed by atoms with Gasteiger partial charge in [-0.3, -0.25) is 0 Å². The third-order valence-electron chi connectivity index (χ3n) is 5.28. The number of nitrogens with zero attached hydrogens (tertiary/aromatic N) is 2. The summed E-state index contributed by atoms with van der Waals surface area (Å²) in [4.78, 5) is 18.6. The quantitative estimate of drug-likeness (QED) is 0.798. The molecular weight excluding hydrogens is 395 g/mol. The summed E-state index contributed by atoms with van der Waals surface area (Å²) in [6, 6.07) is 14.7.